The third kappa shape index (κ3) is 6.21. The molecule has 0 aromatic carbocycles. The van der Waals surface area contributed by atoms with Crippen LogP contribution in [0.25, 0.3) is 11.4 Å². The molecule has 0 bridgehead atoms. The molecule has 33 heavy (non-hydrogen) atoms. The minimum atomic E-state index is -0.762. The third-order valence-electron chi connectivity index (χ3n) is 5.73. The van der Waals surface area contributed by atoms with E-state index in [-0.39, 0.29) is 24.5 Å². The van der Waals surface area contributed by atoms with E-state index in [1.165, 1.54) is 4.90 Å². The molecule has 1 saturated carbocycles. The standard InChI is InChI=1S/C23H33N5O5/c1-14(2)13-32-23(31)27(4)12-19-21(25-26-28(19)5)18-9-10-20(15(3)24-18)33-17-8-6-7-16(11-17)22(29)30/h9-10,14,16-17H,6-8,11-13H2,1-5H3,(H,29,30)/t16-,17-/m0/s1. The zero-order valence-electron chi connectivity index (χ0n) is 19.9. The van der Waals surface area contributed by atoms with E-state index >= 15 is 0 Å². The summed E-state index contributed by atoms with van der Waals surface area (Å²) >= 11 is 0. The monoisotopic (exact) mass is 459 g/mol. The van der Waals surface area contributed by atoms with E-state index in [0.717, 1.165) is 18.5 Å². The van der Waals surface area contributed by atoms with Crippen LogP contribution in [0.5, 0.6) is 5.75 Å². The molecule has 0 radical (unpaired) electrons. The highest BCUT2D eigenvalue weighted by Crippen LogP contribution is 2.30. The zero-order valence-corrected chi connectivity index (χ0v) is 19.9. The summed E-state index contributed by atoms with van der Waals surface area (Å²) in [5, 5.41) is 17.7. The number of ether oxygens (including phenoxy) is 2. The number of nitrogens with zero attached hydrogens (tertiary/aromatic N) is 5. The summed E-state index contributed by atoms with van der Waals surface area (Å²) in [6.45, 7) is 6.44. The largest absolute Gasteiger partial charge is 0.489 e. The summed E-state index contributed by atoms with van der Waals surface area (Å²) in [6, 6.07) is 3.64. The van der Waals surface area contributed by atoms with Gasteiger partial charge in [0.15, 0.2) is 0 Å². The maximum atomic E-state index is 12.3. The number of carbonyl (C=O) groups excluding carboxylic acids is 1. The Morgan fingerprint density at radius 3 is 2.73 bits per heavy atom. The highest BCUT2D eigenvalue weighted by atomic mass is 16.6. The van der Waals surface area contributed by atoms with Crippen molar-refractivity contribution in [3.8, 4) is 17.1 Å². The first-order valence-electron chi connectivity index (χ1n) is 11.3. The van der Waals surface area contributed by atoms with Crippen molar-refractivity contribution < 1.29 is 24.2 Å². The van der Waals surface area contributed by atoms with Crippen molar-refractivity contribution in [2.24, 2.45) is 18.9 Å². The molecular formula is C23H33N5O5. The fourth-order valence-corrected chi connectivity index (χ4v) is 3.85. The second-order valence-corrected chi connectivity index (χ2v) is 9.06. The predicted octanol–water partition coefficient (Wildman–Crippen LogP) is 3.43. The molecule has 10 heteroatoms. The number of aliphatic carboxylic acids is 1. The molecule has 2 aromatic heterocycles. The van der Waals surface area contributed by atoms with E-state index in [9.17, 15) is 14.7 Å². The molecule has 3 rings (SSSR count). The van der Waals surface area contributed by atoms with Crippen molar-refractivity contribution in [2.75, 3.05) is 13.7 Å². The van der Waals surface area contributed by atoms with Gasteiger partial charge in [0.25, 0.3) is 0 Å². The summed E-state index contributed by atoms with van der Waals surface area (Å²) in [5.74, 6) is -0.230. The molecular weight excluding hydrogens is 426 g/mol. The number of rotatable bonds is 8. The van der Waals surface area contributed by atoms with Crippen molar-refractivity contribution in [1.29, 1.82) is 0 Å². The van der Waals surface area contributed by atoms with Gasteiger partial charge in [0.1, 0.15) is 11.4 Å². The van der Waals surface area contributed by atoms with E-state index in [2.05, 4.69) is 15.3 Å². The molecule has 0 spiro atoms. The lowest BCUT2D eigenvalue weighted by atomic mass is 9.87. The molecule has 1 fully saturated rings. The summed E-state index contributed by atoms with van der Waals surface area (Å²) in [4.78, 5) is 29.7. The van der Waals surface area contributed by atoms with Gasteiger partial charge in [-0.3, -0.25) is 4.79 Å². The number of carbonyl (C=O) groups is 2. The number of aryl methyl sites for hydroxylation is 2. The summed E-state index contributed by atoms with van der Waals surface area (Å²) < 4.78 is 13.0. The van der Waals surface area contributed by atoms with E-state index in [1.807, 2.05) is 32.9 Å². The molecule has 0 saturated heterocycles. The van der Waals surface area contributed by atoms with Gasteiger partial charge in [-0.2, -0.15) is 0 Å². The van der Waals surface area contributed by atoms with Crippen LogP contribution in [0.3, 0.4) is 0 Å². The minimum absolute atomic E-state index is 0.135. The van der Waals surface area contributed by atoms with Gasteiger partial charge in [-0.15, -0.1) is 5.10 Å². The van der Waals surface area contributed by atoms with Crippen LogP contribution in [0, 0.1) is 18.8 Å². The number of carboxylic acids is 1. The van der Waals surface area contributed by atoms with E-state index in [0.29, 0.717) is 42.3 Å². The quantitative estimate of drug-likeness (QED) is 0.638. The van der Waals surface area contributed by atoms with Crippen LogP contribution in [-0.4, -0.2) is 61.8 Å². The molecule has 2 atom stereocenters. The van der Waals surface area contributed by atoms with E-state index in [1.54, 1.807) is 18.8 Å². The molecule has 1 N–H and O–H groups in total. The normalized spacial score (nSPS) is 18.2. The fraction of sp³-hybridized carbons (Fsp3) is 0.609. The Hall–Kier alpha value is -3.17. The van der Waals surface area contributed by atoms with Crippen LogP contribution < -0.4 is 4.74 Å². The van der Waals surface area contributed by atoms with Crippen LogP contribution in [0.1, 0.15) is 50.9 Å². The van der Waals surface area contributed by atoms with Gasteiger partial charge in [0, 0.05) is 14.1 Å². The van der Waals surface area contributed by atoms with Gasteiger partial charge in [-0.25, -0.2) is 14.5 Å². The first-order chi connectivity index (χ1) is 15.7. The molecule has 0 aliphatic heterocycles. The number of pyridine rings is 1. The second-order valence-electron chi connectivity index (χ2n) is 9.06. The Kier molecular flexibility index (Phi) is 7.88. The van der Waals surface area contributed by atoms with Crippen molar-refractivity contribution in [2.45, 2.75) is 59.1 Å². The third-order valence-corrected chi connectivity index (χ3v) is 5.73. The molecule has 2 aromatic rings. The predicted molar refractivity (Wildman–Crippen MR) is 121 cm³/mol. The van der Waals surface area contributed by atoms with Gasteiger partial charge >= 0.3 is 12.1 Å². The molecule has 10 nitrogen and oxygen atoms in total. The van der Waals surface area contributed by atoms with Crippen molar-refractivity contribution >= 4 is 12.1 Å². The van der Waals surface area contributed by atoms with Crippen LogP contribution in [0.4, 0.5) is 4.79 Å². The molecule has 1 aliphatic rings. The highest BCUT2D eigenvalue weighted by molar-refractivity contribution is 5.70. The van der Waals surface area contributed by atoms with E-state index < -0.39 is 12.1 Å². The van der Waals surface area contributed by atoms with Crippen LogP contribution in [-0.2, 0) is 23.1 Å². The lowest BCUT2D eigenvalue weighted by Gasteiger charge is -2.27. The Balaban J connectivity index is 1.72. The van der Waals surface area contributed by atoms with Crippen molar-refractivity contribution in [3.05, 3.63) is 23.5 Å². The molecule has 1 aliphatic carbocycles. The Morgan fingerprint density at radius 2 is 2.06 bits per heavy atom. The minimum Gasteiger partial charge on any atom is -0.489 e. The lowest BCUT2D eigenvalue weighted by molar-refractivity contribution is -0.143. The Bertz CT molecular complexity index is 990. The van der Waals surface area contributed by atoms with Crippen molar-refractivity contribution in [1.82, 2.24) is 24.9 Å². The molecule has 0 unspecified atom stereocenters. The molecule has 2 heterocycles. The Labute approximate surface area is 193 Å². The van der Waals surface area contributed by atoms with Gasteiger partial charge in [0.05, 0.1) is 42.3 Å². The van der Waals surface area contributed by atoms with Crippen molar-refractivity contribution in [3.63, 3.8) is 0 Å². The number of amides is 1. The summed E-state index contributed by atoms with van der Waals surface area (Å²) in [6.07, 6.45) is 2.32. The first-order valence-corrected chi connectivity index (χ1v) is 11.3. The van der Waals surface area contributed by atoms with Crippen LogP contribution in [0.2, 0.25) is 0 Å². The van der Waals surface area contributed by atoms with Crippen LogP contribution in [0.15, 0.2) is 12.1 Å². The zero-order chi connectivity index (χ0) is 24.1. The average molecular weight is 460 g/mol. The Morgan fingerprint density at radius 1 is 1.30 bits per heavy atom. The molecule has 1 amide bonds. The topological polar surface area (TPSA) is 120 Å². The number of hydrogen-bond acceptors (Lipinski definition) is 7. The highest BCUT2D eigenvalue weighted by Gasteiger charge is 2.28. The summed E-state index contributed by atoms with van der Waals surface area (Å²) in [7, 11) is 3.44. The van der Waals surface area contributed by atoms with Gasteiger partial charge in [-0.1, -0.05) is 19.1 Å². The maximum absolute atomic E-state index is 12.3. The summed E-state index contributed by atoms with van der Waals surface area (Å²) in [5.41, 5.74) is 2.63. The van der Waals surface area contributed by atoms with Gasteiger partial charge in [0.2, 0.25) is 0 Å². The first kappa shape index (κ1) is 24.5. The fourth-order valence-electron chi connectivity index (χ4n) is 3.85. The van der Waals surface area contributed by atoms with Gasteiger partial charge in [-0.05, 0) is 50.7 Å². The van der Waals surface area contributed by atoms with Crippen LogP contribution >= 0.6 is 0 Å². The maximum Gasteiger partial charge on any atom is 0.409 e. The lowest BCUT2D eigenvalue weighted by Crippen LogP contribution is -2.29. The number of carboxylic acid groups (broad SMARTS) is 1. The number of aromatic nitrogens is 4. The smallest absolute Gasteiger partial charge is 0.409 e. The second kappa shape index (κ2) is 10.6. The molecule has 180 valence electrons. The van der Waals surface area contributed by atoms with Gasteiger partial charge < -0.3 is 19.5 Å². The SMILES string of the molecule is Cc1nc(-c2nnn(C)c2CN(C)C(=O)OCC(C)C)ccc1O[C@H]1CCC[C@H](C(=O)O)C1. The van der Waals surface area contributed by atoms with E-state index in [4.69, 9.17) is 9.47 Å². The average Bonchev–Trinajstić information content (AvgIpc) is 3.13. The number of hydrogen-bond donors (Lipinski definition) is 1.